The predicted molar refractivity (Wildman–Crippen MR) is 73.4 cm³/mol. The number of likely N-dealkylation sites (tertiary alicyclic amines) is 1. The number of piperidine rings is 1. The molecule has 0 atom stereocenters. The molecule has 2 heterocycles. The number of nitrogens with zero attached hydrogens (tertiary/aromatic N) is 1. The molecule has 0 radical (unpaired) electrons. The van der Waals surface area contributed by atoms with Crippen LogP contribution in [0, 0.1) is 5.41 Å². The van der Waals surface area contributed by atoms with Crippen LogP contribution in [-0.4, -0.2) is 43.2 Å². The van der Waals surface area contributed by atoms with Gasteiger partial charge in [0.25, 0.3) is 0 Å². The van der Waals surface area contributed by atoms with Crippen molar-refractivity contribution in [3.63, 3.8) is 0 Å². The fourth-order valence-corrected chi connectivity index (χ4v) is 3.33. The molecule has 2 aliphatic heterocycles. The Hall–Kier alpha value is -0.820. The monoisotopic (exact) mass is 307 g/mol. The van der Waals surface area contributed by atoms with Crippen LogP contribution < -0.4 is 10.9 Å². The largest absolute Gasteiger partial charge is 0.401 e. The first-order valence-electron chi connectivity index (χ1n) is 7.74. The van der Waals surface area contributed by atoms with Gasteiger partial charge < -0.3 is 0 Å². The SMILES string of the molecule is FC(F)(F)CN1CCCCC1.O=C1NNCC12CCCC2. The second-order valence-corrected chi connectivity index (χ2v) is 6.25. The lowest BCUT2D eigenvalue weighted by molar-refractivity contribution is -0.147. The molecule has 0 bridgehead atoms. The van der Waals surface area contributed by atoms with E-state index in [9.17, 15) is 18.0 Å². The Labute approximate surface area is 123 Å². The van der Waals surface area contributed by atoms with E-state index < -0.39 is 12.7 Å². The standard InChI is InChI=1S/C7H12F3N.C7H12N2O/c8-7(9,10)6-11-4-2-1-3-5-11;10-6-7(5-8-9-6)3-1-2-4-7/h1-6H2;8H,1-5H2,(H,9,10). The molecule has 1 aliphatic carbocycles. The molecule has 1 spiro atoms. The Kier molecular flexibility index (Phi) is 5.48. The molecule has 3 fully saturated rings. The number of hydrazine groups is 1. The summed E-state index contributed by atoms with van der Waals surface area (Å²) in [6, 6.07) is 0. The van der Waals surface area contributed by atoms with Crippen molar-refractivity contribution >= 4 is 5.91 Å². The zero-order valence-corrected chi connectivity index (χ0v) is 12.3. The minimum absolute atomic E-state index is 0.0139. The zero-order valence-electron chi connectivity index (χ0n) is 12.3. The van der Waals surface area contributed by atoms with Crippen LogP contribution in [0.15, 0.2) is 0 Å². The van der Waals surface area contributed by atoms with Crippen molar-refractivity contribution in [2.24, 2.45) is 5.41 Å². The summed E-state index contributed by atoms with van der Waals surface area (Å²) in [5.74, 6) is 0.213. The summed E-state index contributed by atoms with van der Waals surface area (Å²) in [6.45, 7) is 1.33. The maximum atomic E-state index is 11.8. The molecule has 21 heavy (non-hydrogen) atoms. The highest BCUT2D eigenvalue weighted by molar-refractivity contribution is 5.84. The summed E-state index contributed by atoms with van der Waals surface area (Å²) in [5.41, 5.74) is 5.55. The van der Waals surface area contributed by atoms with Crippen molar-refractivity contribution in [1.82, 2.24) is 15.8 Å². The van der Waals surface area contributed by atoms with Crippen LogP contribution in [0.2, 0.25) is 0 Å². The second kappa shape index (κ2) is 6.96. The average Bonchev–Trinajstić information content (AvgIpc) is 3.02. The molecular weight excluding hydrogens is 283 g/mol. The number of hydrogen-bond donors (Lipinski definition) is 2. The maximum Gasteiger partial charge on any atom is 0.401 e. The fourth-order valence-electron chi connectivity index (χ4n) is 3.33. The molecule has 0 aromatic heterocycles. The number of amides is 1. The van der Waals surface area contributed by atoms with Crippen LogP contribution in [-0.2, 0) is 4.79 Å². The number of halogens is 3. The van der Waals surface area contributed by atoms with Crippen LogP contribution in [0.1, 0.15) is 44.9 Å². The van der Waals surface area contributed by atoms with Crippen molar-refractivity contribution < 1.29 is 18.0 Å². The average molecular weight is 307 g/mol. The van der Waals surface area contributed by atoms with E-state index in [4.69, 9.17) is 0 Å². The summed E-state index contributed by atoms with van der Waals surface area (Å²) < 4.78 is 35.4. The summed E-state index contributed by atoms with van der Waals surface area (Å²) in [5, 5.41) is 0. The topological polar surface area (TPSA) is 44.4 Å². The summed E-state index contributed by atoms with van der Waals surface area (Å²) in [4.78, 5) is 12.7. The first-order valence-corrected chi connectivity index (χ1v) is 7.74. The molecule has 1 amide bonds. The third-order valence-corrected chi connectivity index (χ3v) is 4.52. The number of rotatable bonds is 1. The van der Waals surface area contributed by atoms with E-state index in [-0.39, 0.29) is 11.3 Å². The van der Waals surface area contributed by atoms with E-state index in [2.05, 4.69) is 10.9 Å². The molecule has 2 N–H and O–H groups in total. The summed E-state index contributed by atoms with van der Waals surface area (Å²) in [7, 11) is 0. The number of carbonyl (C=O) groups excluding carboxylic acids is 1. The van der Waals surface area contributed by atoms with E-state index in [1.807, 2.05) is 0 Å². The fraction of sp³-hybridized carbons (Fsp3) is 0.929. The summed E-state index contributed by atoms with van der Waals surface area (Å²) in [6.07, 6.45) is 3.47. The van der Waals surface area contributed by atoms with E-state index in [1.54, 1.807) is 0 Å². The van der Waals surface area contributed by atoms with Crippen LogP contribution in [0.4, 0.5) is 13.2 Å². The first-order chi connectivity index (χ1) is 9.91. The van der Waals surface area contributed by atoms with E-state index in [1.165, 1.54) is 17.7 Å². The molecular formula is C14H24F3N3O. The van der Waals surface area contributed by atoms with Gasteiger partial charge in [0.2, 0.25) is 5.91 Å². The summed E-state index contributed by atoms with van der Waals surface area (Å²) >= 11 is 0. The van der Waals surface area contributed by atoms with Crippen molar-refractivity contribution in [3.05, 3.63) is 0 Å². The molecule has 3 rings (SSSR count). The van der Waals surface area contributed by atoms with Gasteiger partial charge in [-0.1, -0.05) is 19.3 Å². The number of hydrogen-bond acceptors (Lipinski definition) is 3. The highest BCUT2D eigenvalue weighted by Gasteiger charge is 2.44. The number of carbonyl (C=O) groups is 1. The molecule has 7 heteroatoms. The molecule has 1 saturated carbocycles. The first kappa shape index (κ1) is 16.5. The lowest BCUT2D eigenvalue weighted by Gasteiger charge is -2.26. The molecule has 4 nitrogen and oxygen atoms in total. The number of nitrogens with one attached hydrogen (secondary N) is 2. The second-order valence-electron chi connectivity index (χ2n) is 6.25. The van der Waals surface area contributed by atoms with E-state index >= 15 is 0 Å². The Bertz CT molecular complexity index is 342. The molecule has 0 unspecified atom stereocenters. The molecule has 3 aliphatic rings. The molecule has 0 aromatic carbocycles. The lowest BCUT2D eigenvalue weighted by Crippen LogP contribution is -2.37. The molecule has 0 aromatic rings. The quantitative estimate of drug-likeness (QED) is 0.781. The van der Waals surface area contributed by atoms with Gasteiger partial charge in [-0.3, -0.25) is 15.1 Å². The Morgan fingerprint density at radius 2 is 1.67 bits per heavy atom. The molecule has 122 valence electrons. The maximum absolute atomic E-state index is 11.8. The van der Waals surface area contributed by atoms with Gasteiger partial charge in [-0.05, 0) is 38.8 Å². The van der Waals surface area contributed by atoms with Crippen LogP contribution in [0.25, 0.3) is 0 Å². The van der Waals surface area contributed by atoms with Crippen LogP contribution >= 0.6 is 0 Å². The van der Waals surface area contributed by atoms with Crippen molar-refractivity contribution in [3.8, 4) is 0 Å². The van der Waals surface area contributed by atoms with Crippen LogP contribution in [0.5, 0.6) is 0 Å². The third kappa shape index (κ3) is 4.85. The smallest absolute Gasteiger partial charge is 0.295 e. The van der Waals surface area contributed by atoms with Gasteiger partial charge >= 0.3 is 6.18 Å². The minimum atomic E-state index is -4.02. The predicted octanol–water partition coefficient (Wildman–Crippen LogP) is 2.22. The Morgan fingerprint density at radius 3 is 2.14 bits per heavy atom. The third-order valence-electron chi connectivity index (χ3n) is 4.52. The van der Waals surface area contributed by atoms with Gasteiger partial charge in [0.15, 0.2) is 0 Å². The minimum Gasteiger partial charge on any atom is -0.295 e. The van der Waals surface area contributed by atoms with Gasteiger partial charge in [0.05, 0.1) is 12.0 Å². The van der Waals surface area contributed by atoms with Crippen molar-refractivity contribution in [2.75, 3.05) is 26.2 Å². The van der Waals surface area contributed by atoms with Gasteiger partial charge in [-0.15, -0.1) is 0 Å². The van der Waals surface area contributed by atoms with Gasteiger partial charge in [0.1, 0.15) is 0 Å². The Morgan fingerprint density at radius 1 is 1.05 bits per heavy atom. The highest BCUT2D eigenvalue weighted by Crippen LogP contribution is 2.39. The van der Waals surface area contributed by atoms with Crippen molar-refractivity contribution in [2.45, 2.75) is 51.1 Å². The van der Waals surface area contributed by atoms with Gasteiger partial charge in [0, 0.05) is 6.54 Å². The van der Waals surface area contributed by atoms with E-state index in [0.29, 0.717) is 13.1 Å². The normalized spacial score (nSPS) is 25.6. The van der Waals surface area contributed by atoms with E-state index in [0.717, 1.165) is 38.6 Å². The Balaban J connectivity index is 0.000000154. The number of alkyl halides is 3. The lowest BCUT2D eigenvalue weighted by atomic mass is 9.87. The van der Waals surface area contributed by atoms with Crippen LogP contribution in [0.3, 0.4) is 0 Å². The van der Waals surface area contributed by atoms with Gasteiger partial charge in [-0.2, -0.15) is 13.2 Å². The molecule has 2 saturated heterocycles. The van der Waals surface area contributed by atoms with Gasteiger partial charge in [-0.25, -0.2) is 5.43 Å². The highest BCUT2D eigenvalue weighted by atomic mass is 19.4. The van der Waals surface area contributed by atoms with Crippen molar-refractivity contribution in [1.29, 1.82) is 0 Å². The zero-order chi connectivity index (χ0) is 15.3.